The molecule has 5 N–H and O–H groups in total. The van der Waals surface area contributed by atoms with Crippen LogP contribution < -0.4 is 20.9 Å². The Labute approximate surface area is 107 Å². The first kappa shape index (κ1) is 12.2. The molecule has 2 aliphatic heterocycles. The lowest BCUT2D eigenvalue weighted by Crippen LogP contribution is -2.61. The molecule has 19 heavy (non-hydrogen) atoms. The Balaban J connectivity index is 1.98. The summed E-state index contributed by atoms with van der Waals surface area (Å²) < 4.78 is 10.2. The van der Waals surface area contributed by atoms with Gasteiger partial charge >= 0.3 is 0 Å². The van der Waals surface area contributed by atoms with Gasteiger partial charge < -0.3 is 30.3 Å². The number of hydrogen-bond acceptors (Lipinski definition) is 8. The fraction of sp³-hybridized carbons (Fsp3) is 0.600. The number of ether oxygens (including phenoxy) is 2. The van der Waals surface area contributed by atoms with Crippen molar-refractivity contribution in [1.29, 1.82) is 0 Å². The second-order valence-corrected chi connectivity index (χ2v) is 4.43. The molecule has 4 atom stereocenters. The number of aromatic amines is 1. The predicted molar refractivity (Wildman–Crippen MR) is 64.2 cm³/mol. The quantitative estimate of drug-likeness (QED) is 0.399. The summed E-state index contributed by atoms with van der Waals surface area (Å²) in [6, 6.07) is -0.555. The van der Waals surface area contributed by atoms with E-state index in [0.717, 1.165) is 0 Å². The summed E-state index contributed by atoms with van der Waals surface area (Å²) in [4.78, 5) is 18.3. The topological polar surface area (TPSA) is 129 Å². The van der Waals surface area contributed by atoms with Crippen LogP contribution in [0, 0.1) is 0 Å². The lowest BCUT2D eigenvalue weighted by atomic mass is 9.99. The van der Waals surface area contributed by atoms with Gasteiger partial charge in [-0.2, -0.15) is 4.98 Å². The molecule has 2 aliphatic rings. The van der Waals surface area contributed by atoms with E-state index in [1.54, 1.807) is 0 Å². The van der Waals surface area contributed by atoms with Crippen LogP contribution in [-0.2, 0) is 4.74 Å². The maximum atomic E-state index is 11.8. The van der Waals surface area contributed by atoms with Crippen LogP contribution in [0.3, 0.4) is 0 Å². The Morgan fingerprint density at radius 1 is 1.42 bits per heavy atom. The summed E-state index contributed by atoms with van der Waals surface area (Å²) in [7, 11) is 1.39. The van der Waals surface area contributed by atoms with Gasteiger partial charge in [0.15, 0.2) is 12.0 Å². The highest BCUT2D eigenvalue weighted by Crippen LogP contribution is 2.29. The van der Waals surface area contributed by atoms with Gasteiger partial charge in [0.25, 0.3) is 11.6 Å². The van der Waals surface area contributed by atoms with E-state index in [0.29, 0.717) is 0 Å². The molecular weight excluding hydrogens is 256 g/mol. The third-order valence-electron chi connectivity index (χ3n) is 3.22. The molecule has 3 rings (SSSR count). The van der Waals surface area contributed by atoms with Gasteiger partial charge in [0.1, 0.15) is 17.9 Å². The van der Waals surface area contributed by atoms with Crippen molar-refractivity contribution in [2.24, 2.45) is 0 Å². The minimum atomic E-state index is -1.04. The molecule has 1 fully saturated rings. The van der Waals surface area contributed by atoms with Crippen molar-refractivity contribution in [1.82, 2.24) is 9.97 Å². The summed E-state index contributed by atoms with van der Waals surface area (Å²) in [6.07, 6.45) is -2.62. The van der Waals surface area contributed by atoms with Crippen molar-refractivity contribution >= 4 is 11.5 Å². The summed E-state index contributed by atoms with van der Waals surface area (Å²) in [5.41, 5.74) is -0.251. The average Bonchev–Trinajstić information content (AvgIpc) is 2.41. The van der Waals surface area contributed by atoms with Gasteiger partial charge in [-0.1, -0.05) is 0 Å². The van der Waals surface area contributed by atoms with Gasteiger partial charge in [-0.05, 0) is 0 Å². The smallest absolute Gasteiger partial charge is 0.298 e. The minimum Gasteiger partial charge on any atom is -0.468 e. The fourth-order valence-electron chi connectivity index (χ4n) is 2.20. The standard InChI is InChI=1S/C10H14N4O5/c1-18-10-13-7-5(8(17)14-10)11-4-6(16)3(15)2-19-9(4)12-7/h3-4,6,9,11,15-16H,2H2,1H3,(H2,12,13,14,17)/t3-,4+,6-,9-/m1/s1. The summed E-state index contributed by atoms with van der Waals surface area (Å²) in [5, 5.41) is 25.2. The molecule has 0 saturated carbocycles. The average molecular weight is 270 g/mol. The first-order chi connectivity index (χ1) is 9.10. The second kappa shape index (κ2) is 4.37. The van der Waals surface area contributed by atoms with Crippen molar-refractivity contribution in [2.45, 2.75) is 24.5 Å². The van der Waals surface area contributed by atoms with Crippen LogP contribution in [0.15, 0.2) is 4.79 Å². The van der Waals surface area contributed by atoms with E-state index in [2.05, 4.69) is 20.6 Å². The molecule has 0 radical (unpaired) electrons. The highest BCUT2D eigenvalue weighted by atomic mass is 16.5. The SMILES string of the molecule is COc1nc2c(c(=O)[nH]1)N[C@H]1[C@H](O)[C@H](O)CO[C@H]1N2. The van der Waals surface area contributed by atoms with Gasteiger partial charge in [-0.15, -0.1) is 0 Å². The Hall–Kier alpha value is -1.84. The van der Waals surface area contributed by atoms with E-state index in [1.165, 1.54) is 7.11 Å². The highest BCUT2D eigenvalue weighted by molar-refractivity contribution is 5.67. The normalized spacial score (nSPS) is 32.6. The van der Waals surface area contributed by atoms with Crippen LogP contribution >= 0.6 is 0 Å². The summed E-state index contributed by atoms with van der Waals surface area (Å²) in [5.74, 6) is 0.283. The lowest BCUT2D eigenvalue weighted by Gasteiger charge is -2.42. The molecule has 9 nitrogen and oxygen atoms in total. The third kappa shape index (κ3) is 1.91. The summed E-state index contributed by atoms with van der Waals surface area (Å²) >= 11 is 0. The van der Waals surface area contributed by atoms with E-state index in [-0.39, 0.29) is 24.1 Å². The molecule has 1 saturated heterocycles. The number of H-pyrrole nitrogens is 1. The zero-order valence-electron chi connectivity index (χ0n) is 10.1. The maximum absolute atomic E-state index is 11.8. The van der Waals surface area contributed by atoms with Gasteiger partial charge in [0, 0.05) is 0 Å². The third-order valence-corrected chi connectivity index (χ3v) is 3.22. The Kier molecular flexibility index (Phi) is 2.81. The van der Waals surface area contributed by atoms with Gasteiger partial charge in [0.2, 0.25) is 0 Å². The molecule has 9 heteroatoms. The van der Waals surface area contributed by atoms with Crippen molar-refractivity contribution in [3.8, 4) is 6.01 Å². The summed E-state index contributed by atoms with van der Waals surface area (Å²) in [6.45, 7) is 0.00662. The number of aromatic nitrogens is 2. The molecular formula is C10H14N4O5. The molecule has 0 spiro atoms. The first-order valence-corrected chi connectivity index (χ1v) is 5.79. The maximum Gasteiger partial charge on any atom is 0.298 e. The fourth-order valence-corrected chi connectivity index (χ4v) is 2.20. The number of aliphatic hydroxyl groups is 2. The zero-order chi connectivity index (χ0) is 13.6. The Morgan fingerprint density at radius 2 is 2.21 bits per heavy atom. The number of nitrogens with one attached hydrogen (secondary N) is 3. The van der Waals surface area contributed by atoms with Crippen molar-refractivity contribution in [3.63, 3.8) is 0 Å². The molecule has 0 bridgehead atoms. The van der Waals surface area contributed by atoms with Gasteiger partial charge in [-0.25, -0.2) is 0 Å². The van der Waals surface area contributed by atoms with Crippen LogP contribution in [0.4, 0.5) is 11.5 Å². The first-order valence-electron chi connectivity index (χ1n) is 5.79. The highest BCUT2D eigenvalue weighted by Gasteiger charge is 2.42. The number of hydrogen-bond donors (Lipinski definition) is 5. The van der Waals surface area contributed by atoms with Crippen LogP contribution in [0.25, 0.3) is 0 Å². The van der Waals surface area contributed by atoms with E-state index >= 15 is 0 Å². The molecule has 3 heterocycles. The number of nitrogens with zero attached hydrogens (tertiary/aromatic N) is 1. The minimum absolute atomic E-state index is 0.00662. The van der Waals surface area contributed by atoms with Crippen molar-refractivity contribution in [3.05, 3.63) is 10.4 Å². The Bertz CT molecular complexity index is 547. The molecule has 0 unspecified atom stereocenters. The van der Waals surface area contributed by atoms with E-state index in [4.69, 9.17) is 9.47 Å². The van der Waals surface area contributed by atoms with E-state index in [9.17, 15) is 15.0 Å². The van der Waals surface area contributed by atoms with Crippen LogP contribution in [0.1, 0.15) is 0 Å². The number of methoxy groups -OCH3 is 1. The zero-order valence-corrected chi connectivity index (χ0v) is 10.1. The monoisotopic (exact) mass is 270 g/mol. The van der Waals surface area contributed by atoms with Crippen molar-refractivity contribution in [2.75, 3.05) is 24.4 Å². The molecule has 0 aliphatic carbocycles. The van der Waals surface area contributed by atoms with Gasteiger partial charge in [0.05, 0.1) is 19.8 Å². The largest absolute Gasteiger partial charge is 0.468 e. The second-order valence-electron chi connectivity index (χ2n) is 4.43. The van der Waals surface area contributed by atoms with Crippen LogP contribution in [0.2, 0.25) is 0 Å². The lowest BCUT2D eigenvalue weighted by molar-refractivity contribution is -0.121. The molecule has 1 aromatic rings. The van der Waals surface area contributed by atoms with E-state index in [1.807, 2.05) is 0 Å². The van der Waals surface area contributed by atoms with E-state index < -0.39 is 30.0 Å². The molecule has 104 valence electrons. The predicted octanol–water partition coefficient (Wildman–Crippen LogP) is -1.94. The molecule has 0 amide bonds. The van der Waals surface area contributed by atoms with Crippen molar-refractivity contribution < 1.29 is 19.7 Å². The van der Waals surface area contributed by atoms with Crippen LogP contribution in [-0.4, -0.2) is 58.4 Å². The molecule has 1 aromatic heterocycles. The number of anilines is 2. The van der Waals surface area contributed by atoms with Gasteiger partial charge in [-0.3, -0.25) is 9.78 Å². The van der Waals surface area contributed by atoms with Crippen LogP contribution in [0.5, 0.6) is 6.01 Å². The number of aliphatic hydroxyl groups excluding tert-OH is 2. The molecule has 0 aromatic carbocycles. The Morgan fingerprint density at radius 3 is 2.95 bits per heavy atom. The number of fused-ring (bicyclic) bond motifs is 2. The number of rotatable bonds is 1.